The minimum absolute atomic E-state index is 0.897. The molecule has 0 aliphatic carbocycles. The third-order valence-electron chi connectivity index (χ3n) is 0.957. The standard InChI is InChI=1S/C7H13/c1-4-6-7(3)5-2/h2-6H2,1H3. The van der Waals surface area contributed by atoms with Crippen LogP contribution in [0.25, 0.3) is 0 Å². The Balaban J connectivity index is 3.00. The van der Waals surface area contributed by atoms with E-state index in [9.17, 15) is 0 Å². The Hall–Kier alpha value is -0.260. The molecule has 0 saturated carbocycles. The van der Waals surface area contributed by atoms with Gasteiger partial charge in [-0.2, -0.15) is 0 Å². The lowest BCUT2D eigenvalue weighted by atomic mass is 10.1. The summed E-state index contributed by atoms with van der Waals surface area (Å²) < 4.78 is 0. The van der Waals surface area contributed by atoms with Crippen LogP contribution in [0.15, 0.2) is 12.2 Å². The molecule has 0 nitrogen and oxygen atoms in total. The molecule has 0 bridgehead atoms. The molecular weight excluding hydrogens is 84.1 g/mol. The minimum Gasteiger partial charge on any atom is -0.0999 e. The summed E-state index contributed by atoms with van der Waals surface area (Å²) in [6.07, 6.45) is 3.24. The second kappa shape index (κ2) is 3.91. The van der Waals surface area contributed by atoms with E-state index < -0.39 is 0 Å². The van der Waals surface area contributed by atoms with Gasteiger partial charge in [-0.15, -0.1) is 0 Å². The van der Waals surface area contributed by atoms with E-state index in [-0.39, 0.29) is 0 Å². The van der Waals surface area contributed by atoms with Crippen molar-refractivity contribution >= 4 is 0 Å². The monoisotopic (exact) mass is 97.1 g/mol. The van der Waals surface area contributed by atoms with Crippen molar-refractivity contribution < 1.29 is 0 Å². The zero-order chi connectivity index (χ0) is 5.70. The molecule has 7 heavy (non-hydrogen) atoms. The zero-order valence-electron chi connectivity index (χ0n) is 5.04. The topological polar surface area (TPSA) is 0 Å². The maximum absolute atomic E-state index is 3.80. The number of hydrogen-bond donors (Lipinski definition) is 0. The van der Waals surface area contributed by atoms with Crippen LogP contribution in [0, 0.1) is 6.92 Å². The largest absolute Gasteiger partial charge is 0.0999 e. The molecule has 0 N–H and O–H groups in total. The molecule has 0 saturated heterocycles. The lowest BCUT2D eigenvalue weighted by Crippen LogP contribution is -1.74. The molecule has 0 heterocycles. The van der Waals surface area contributed by atoms with Crippen LogP contribution in [0.3, 0.4) is 0 Å². The normalized spacial score (nSPS) is 8.86. The van der Waals surface area contributed by atoms with Crippen molar-refractivity contribution in [1.82, 2.24) is 0 Å². The maximum atomic E-state index is 3.80. The molecule has 0 aliphatic heterocycles. The van der Waals surface area contributed by atoms with Crippen LogP contribution < -0.4 is 0 Å². The van der Waals surface area contributed by atoms with Crippen LogP contribution >= 0.6 is 0 Å². The Kier molecular flexibility index (Phi) is 3.77. The Bertz CT molecular complexity index is 53.1. The summed E-state index contributed by atoms with van der Waals surface area (Å²) in [6, 6.07) is 0. The van der Waals surface area contributed by atoms with Gasteiger partial charge in [0.15, 0.2) is 0 Å². The van der Waals surface area contributed by atoms with Crippen molar-refractivity contribution in [2.75, 3.05) is 0 Å². The van der Waals surface area contributed by atoms with Crippen LogP contribution in [-0.4, -0.2) is 0 Å². The molecule has 0 aromatic rings. The summed E-state index contributed by atoms with van der Waals surface area (Å²) in [6.45, 7) is 9.66. The summed E-state index contributed by atoms with van der Waals surface area (Å²) in [7, 11) is 0. The number of rotatable bonds is 3. The number of hydrogen-bond acceptors (Lipinski definition) is 0. The van der Waals surface area contributed by atoms with Gasteiger partial charge in [-0.3, -0.25) is 0 Å². The van der Waals surface area contributed by atoms with Crippen molar-refractivity contribution in [3.05, 3.63) is 19.1 Å². The van der Waals surface area contributed by atoms with Gasteiger partial charge in [0.05, 0.1) is 0 Å². The predicted octanol–water partition coefficient (Wildman–Crippen LogP) is 2.57. The average Bonchev–Trinajstić information content (AvgIpc) is 1.68. The highest BCUT2D eigenvalue weighted by molar-refractivity contribution is 4.93. The molecule has 0 unspecified atom stereocenters. The van der Waals surface area contributed by atoms with Crippen molar-refractivity contribution in [2.24, 2.45) is 0 Å². The van der Waals surface area contributed by atoms with Gasteiger partial charge in [-0.25, -0.2) is 0 Å². The van der Waals surface area contributed by atoms with Crippen molar-refractivity contribution in [3.8, 4) is 0 Å². The second-order valence-corrected chi connectivity index (χ2v) is 1.75. The fourth-order valence-electron chi connectivity index (χ4n) is 0.479. The minimum atomic E-state index is 0.897. The first kappa shape index (κ1) is 6.74. The Morgan fingerprint density at radius 1 is 1.57 bits per heavy atom. The molecule has 1 radical (unpaired) electrons. The fraction of sp³-hybridized carbons (Fsp3) is 0.571. The third-order valence-corrected chi connectivity index (χ3v) is 0.957. The van der Waals surface area contributed by atoms with Crippen LogP contribution in [-0.2, 0) is 0 Å². The Labute approximate surface area is 46.2 Å². The van der Waals surface area contributed by atoms with Gasteiger partial charge in [0.2, 0.25) is 0 Å². The fourth-order valence-corrected chi connectivity index (χ4v) is 0.479. The first-order chi connectivity index (χ1) is 3.31. The molecule has 0 atom stereocenters. The van der Waals surface area contributed by atoms with Crippen LogP contribution in [0.5, 0.6) is 0 Å². The SMILES string of the molecule is [CH2]CC(=C)CCC. The molecule has 0 aromatic heterocycles. The third kappa shape index (κ3) is 3.57. The lowest BCUT2D eigenvalue weighted by molar-refractivity contribution is 0.884. The summed E-state index contributed by atoms with van der Waals surface area (Å²) >= 11 is 0. The first-order valence-corrected chi connectivity index (χ1v) is 2.77. The summed E-state index contributed by atoms with van der Waals surface area (Å²) in [4.78, 5) is 0. The van der Waals surface area contributed by atoms with Crippen molar-refractivity contribution in [3.63, 3.8) is 0 Å². The van der Waals surface area contributed by atoms with E-state index in [4.69, 9.17) is 0 Å². The predicted molar refractivity (Wildman–Crippen MR) is 34.0 cm³/mol. The van der Waals surface area contributed by atoms with Gasteiger partial charge < -0.3 is 0 Å². The van der Waals surface area contributed by atoms with Gasteiger partial charge in [0.1, 0.15) is 0 Å². The number of allylic oxidation sites excluding steroid dienone is 1. The molecule has 0 rings (SSSR count). The van der Waals surface area contributed by atoms with Crippen LogP contribution in [0.1, 0.15) is 26.2 Å². The van der Waals surface area contributed by atoms with E-state index in [1.165, 1.54) is 12.0 Å². The van der Waals surface area contributed by atoms with E-state index in [1.54, 1.807) is 0 Å². The molecule has 0 spiro atoms. The quantitative estimate of drug-likeness (QED) is 0.475. The lowest BCUT2D eigenvalue weighted by Gasteiger charge is -1.94. The van der Waals surface area contributed by atoms with Gasteiger partial charge >= 0.3 is 0 Å². The van der Waals surface area contributed by atoms with Gasteiger partial charge in [0.25, 0.3) is 0 Å². The van der Waals surface area contributed by atoms with Gasteiger partial charge in [-0.1, -0.05) is 25.5 Å². The molecule has 0 heteroatoms. The van der Waals surface area contributed by atoms with Crippen LogP contribution in [0.2, 0.25) is 0 Å². The summed E-state index contributed by atoms with van der Waals surface area (Å²) in [5.74, 6) is 0. The molecule has 0 aliphatic rings. The van der Waals surface area contributed by atoms with E-state index in [0.29, 0.717) is 0 Å². The zero-order valence-corrected chi connectivity index (χ0v) is 5.04. The smallest absolute Gasteiger partial charge is 0.0323 e. The molecule has 0 amide bonds. The average molecular weight is 97.2 g/mol. The highest BCUT2D eigenvalue weighted by Crippen LogP contribution is 2.03. The highest BCUT2D eigenvalue weighted by atomic mass is 13.9. The summed E-state index contributed by atoms with van der Waals surface area (Å²) in [5, 5.41) is 0. The summed E-state index contributed by atoms with van der Waals surface area (Å²) in [5.41, 5.74) is 1.27. The highest BCUT2D eigenvalue weighted by Gasteiger charge is 1.83. The van der Waals surface area contributed by atoms with E-state index >= 15 is 0 Å². The van der Waals surface area contributed by atoms with Crippen molar-refractivity contribution in [2.45, 2.75) is 26.2 Å². The molecule has 0 fully saturated rings. The maximum Gasteiger partial charge on any atom is -0.0323 e. The molecule has 41 valence electrons. The Morgan fingerprint density at radius 3 is 2.29 bits per heavy atom. The van der Waals surface area contributed by atoms with E-state index in [0.717, 1.165) is 12.8 Å². The van der Waals surface area contributed by atoms with E-state index in [2.05, 4.69) is 20.4 Å². The molecule has 0 aromatic carbocycles. The van der Waals surface area contributed by atoms with Gasteiger partial charge in [0, 0.05) is 0 Å². The molecular formula is C7H13. The van der Waals surface area contributed by atoms with E-state index in [1.807, 2.05) is 0 Å². The van der Waals surface area contributed by atoms with Gasteiger partial charge in [-0.05, 0) is 19.8 Å². The van der Waals surface area contributed by atoms with Crippen LogP contribution in [0.4, 0.5) is 0 Å². The van der Waals surface area contributed by atoms with Crippen molar-refractivity contribution in [1.29, 1.82) is 0 Å². The Morgan fingerprint density at radius 2 is 2.14 bits per heavy atom. The second-order valence-electron chi connectivity index (χ2n) is 1.75. The first-order valence-electron chi connectivity index (χ1n) is 2.77.